The lowest BCUT2D eigenvalue weighted by molar-refractivity contribution is -0.0911. The van der Waals surface area contributed by atoms with Gasteiger partial charge in [-0.3, -0.25) is 0 Å². The Kier molecular flexibility index (Phi) is 6.95. The number of likely N-dealkylation sites (N-methyl/N-ethyl adjacent to an activating group) is 1. The molecule has 0 saturated heterocycles. The normalized spacial score (nSPS) is 20.6. The van der Waals surface area contributed by atoms with Crippen LogP contribution in [0.2, 0.25) is 0 Å². The van der Waals surface area contributed by atoms with Crippen LogP contribution in [0.25, 0.3) is 0 Å². The molecule has 1 aliphatic carbocycles. The summed E-state index contributed by atoms with van der Waals surface area (Å²) in [6.45, 7) is 12.3. The molecule has 0 bridgehead atoms. The van der Waals surface area contributed by atoms with E-state index in [-0.39, 0.29) is 5.60 Å². The average Bonchev–Trinajstić information content (AvgIpc) is 2.35. The minimum Gasteiger partial charge on any atom is -0.374 e. The van der Waals surface area contributed by atoms with E-state index >= 15 is 0 Å². The Bertz CT molecular complexity index is 238. The van der Waals surface area contributed by atoms with Crippen molar-refractivity contribution < 1.29 is 4.74 Å². The zero-order valence-corrected chi connectivity index (χ0v) is 12.6. The van der Waals surface area contributed by atoms with Crippen LogP contribution in [0.4, 0.5) is 0 Å². The maximum Gasteiger partial charge on any atom is 0.0834 e. The Morgan fingerprint density at radius 3 is 2.44 bits per heavy atom. The van der Waals surface area contributed by atoms with Gasteiger partial charge in [-0.1, -0.05) is 31.8 Å². The highest BCUT2D eigenvalue weighted by Gasteiger charge is 2.39. The summed E-state index contributed by atoms with van der Waals surface area (Å²) in [5.41, 5.74) is 1.36. The predicted molar refractivity (Wildman–Crippen MR) is 79.0 cm³/mol. The third kappa shape index (κ3) is 4.40. The molecular formula is C16H31NO. The topological polar surface area (TPSA) is 21.3 Å². The first-order chi connectivity index (χ1) is 8.64. The number of ether oxygens (including phenoxy) is 1. The van der Waals surface area contributed by atoms with Crippen LogP contribution < -0.4 is 5.32 Å². The summed E-state index contributed by atoms with van der Waals surface area (Å²) in [4.78, 5) is 0. The summed E-state index contributed by atoms with van der Waals surface area (Å²) in [5.74, 6) is 0. The van der Waals surface area contributed by atoms with Crippen molar-refractivity contribution in [3.05, 3.63) is 12.2 Å². The Labute approximate surface area is 113 Å². The minimum atomic E-state index is 0.0818. The minimum absolute atomic E-state index is 0.0818. The first-order valence-corrected chi connectivity index (χ1v) is 7.66. The quantitative estimate of drug-likeness (QED) is 0.659. The van der Waals surface area contributed by atoms with E-state index in [0.29, 0.717) is 6.04 Å². The highest BCUT2D eigenvalue weighted by Crippen LogP contribution is 2.36. The fourth-order valence-corrected chi connectivity index (χ4v) is 3.22. The van der Waals surface area contributed by atoms with Crippen LogP contribution in [0.1, 0.15) is 65.7 Å². The van der Waals surface area contributed by atoms with E-state index in [0.717, 1.165) is 26.0 Å². The molecule has 0 heterocycles. The first-order valence-electron chi connectivity index (χ1n) is 7.66. The molecule has 0 radical (unpaired) electrons. The monoisotopic (exact) mass is 253 g/mol. The van der Waals surface area contributed by atoms with Crippen LogP contribution in [-0.2, 0) is 4.74 Å². The van der Waals surface area contributed by atoms with Gasteiger partial charge in [0, 0.05) is 12.6 Å². The fraction of sp³-hybridized carbons (Fsp3) is 0.875. The molecule has 18 heavy (non-hydrogen) atoms. The van der Waals surface area contributed by atoms with E-state index < -0.39 is 0 Å². The summed E-state index contributed by atoms with van der Waals surface area (Å²) in [5, 5.41) is 3.67. The van der Waals surface area contributed by atoms with Gasteiger partial charge in [0.15, 0.2) is 0 Å². The Morgan fingerprint density at radius 2 is 1.94 bits per heavy atom. The van der Waals surface area contributed by atoms with Crippen LogP contribution in [0.15, 0.2) is 12.2 Å². The van der Waals surface area contributed by atoms with Gasteiger partial charge in [0.2, 0.25) is 0 Å². The van der Waals surface area contributed by atoms with Gasteiger partial charge in [-0.05, 0) is 46.1 Å². The number of hydrogen-bond donors (Lipinski definition) is 1. The van der Waals surface area contributed by atoms with E-state index in [1.165, 1.54) is 37.7 Å². The van der Waals surface area contributed by atoms with Crippen molar-refractivity contribution in [2.45, 2.75) is 77.4 Å². The molecule has 0 amide bonds. The van der Waals surface area contributed by atoms with Crippen molar-refractivity contribution in [3.8, 4) is 0 Å². The van der Waals surface area contributed by atoms with E-state index in [9.17, 15) is 0 Å². The summed E-state index contributed by atoms with van der Waals surface area (Å²) in [6.07, 6.45) is 8.69. The third-order valence-electron chi connectivity index (χ3n) is 4.08. The molecule has 1 rings (SSSR count). The molecular weight excluding hydrogens is 222 g/mol. The molecule has 2 heteroatoms. The summed E-state index contributed by atoms with van der Waals surface area (Å²) < 4.78 is 6.23. The standard InChI is InChI=1S/C16H31NO/c1-5-17-15(11-10-14(3)4)16(18-6-2)12-8-7-9-13-16/h15,17H,3,5-13H2,1-2,4H3. The molecule has 0 aliphatic heterocycles. The van der Waals surface area contributed by atoms with Crippen LogP contribution in [0.5, 0.6) is 0 Å². The second-order valence-corrected chi connectivity index (χ2v) is 5.66. The second kappa shape index (κ2) is 7.96. The lowest BCUT2D eigenvalue weighted by Gasteiger charge is -2.44. The smallest absolute Gasteiger partial charge is 0.0834 e. The number of hydrogen-bond acceptors (Lipinski definition) is 2. The SMILES string of the molecule is C=C(C)CCC(NCC)C1(OCC)CCCCC1. The van der Waals surface area contributed by atoms with Gasteiger partial charge in [-0.25, -0.2) is 0 Å². The maximum atomic E-state index is 6.23. The molecule has 106 valence electrons. The molecule has 1 N–H and O–H groups in total. The number of nitrogens with one attached hydrogen (secondary N) is 1. The zero-order valence-electron chi connectivity index (χ0n) is 12.6. The Hall–Kier alpha value is -0.340. The van der Waals surface area contributed by atoms with E-state index in [1.54, 1.807) is 0 Å². The van der Waals surface area contributed by atoms with Crippen molar-refractivity contribution in [2.75, 3.05) is 13.2 Å². The highest BCUT2D eigenvalue weighted by atomic mass is 16.5. The predicted octanol–water partition coefficient (Wildman–Crippen LogP) is 4.06. The molecule has 0 spiro atoms. The van der Waals surface area contributed by atoms with Crippen molar-refractivity contribution >= 4 is 0 Å². The van der Waals surface area contributed by atoms with Crippen LogP contribution in [0, 0.1) is 0 Å². The lowest BCUT2D eigenvalue weighted by atomic mass is 9.77. The van der Waals surface area contributed by atoms with Crippen molar-refractivity contribution in [2.24, 2.45) is 0 Å². The molecule has 1 aliphatic rings. The summed E-state index contributed by atoms with van der Waals surface area (Å²) >= 11 is 0. The molecule has 1 fully saturated rings. The van der Waals surface area contributed by atoms with Crippen molar-refractivity contribution in [1.82, 2.24) is 5.32 Å². The lowest BCUT2D eigenvalue weighted by Crippen LogP contribution is -2.53. The first kappa shape index (κ1) is 15.7. The highest BCUT2D eigenvalue weighted by molar-refractivity contribution is 4.98. The van der Waals surface area contributed by atoms with Gasteiger partial charge in [0.1, 0.15) is 0 Å². The van der Waals surface area contributed by atoms with Crippen LogP contribution in [-0.4, -0.2) is 24.8 Å². The van der Waals surface area contributed by atoms with Gasteiger partial charge in [0.05, 0.1) is 5.60 Å². The Morgan fingerprint density at radius 1 is 1.28 bits per heavy atom. The second-order valence-electron chi connectivity index (χ2n) is 5.66. The van der Waals surface area contributed by atoms with Crippen molar-refractivity contribution in [1.29, 1.82) is 0 Å². The molecule has 2 nitrogen and oxygen atoms in total. The Balaban J connectivity index is 2.71. The van der Waals surface area contributed by atoms with Gasteiger partial charge in [-0.15, -0.1) is 6.58 Å². The van der Waals surface area contributed by atoms with E-state index in [4.69, 9.17) is 4.74 Å². The van der Waals surface area contributed by atoms with Crippen LogP contribution >= 0.6 is 0 Å². The molecule has 0 aromatic rings. The number of rotatable bonds is 8. The van der Waals surface area contributed by atoms with E-state index in [2.05, 4.69) is 32.7 Å². The summed E-state index contributed by atoms with van der Waals surface area (Å²) in [6, 6.07) is 0.486. The average molecular weight is 253 g/mol. The van der Waals surface area contributed by atoms with Crippen LogP contribution in [0.3, 0.4) is 0 Å². The third-order valence-corrected chi connectivity index (χ3v) is 4.08. The molecule has 1 saturated carbocycles. The zero-order chi connectivity index (χ0) is 13.4. The fourth-order valence-electron chi connectivity index (χ4n) is 3.22. The van der Waals surface area contributed by atoms with Gasteiger partial charge in [-0.2, -0.15) is 0 Å². The number of allylic oxidation sites excluding steroid dienone is 1. The summed E-state index contributed by atoms with van der Waals surface area (Å²) in [7, 11) is 0. The molecule has 0 aromatic heterocycles. The van der Waals surface area contributed by atoms with Gasteiger partial charge >= 0.3 is 0 Å². The molecule has 1 unspecified atom stereocenters. The van der Waals surface area contributed by atoms with E-state index in [1.807, 2.05) is 0 Å². The largest absolute Gasteiger partial charge is 0.374 e. The van der Waals surface area contributed by atoms with Gasteiger partial charge in [0.25, 0.3) is 0 Å². The molecule has 1 atom stereocenters. The molecule has 0 aromatic carbocycles. The maximum absolute atomic E-state index is 6.23. The van der Waals surface area contributed by atoms with Gasteiger partial charge < -0.3 is 10.1 Å². The van der Waals surface area contributed by atoms with Crippen molar-refractivity contribution in [3.63, 3.8) is 0 Å².